The first kappa shape index (κ1) is 15.8. The van der Waals surface area contributed by atoms with Gasteiger partial charge in [-0.3, -0.25) is 4.79 Å². The van der Waals surface area contributed by atoms with Crippen molar-refractivity contribution < 1.29 is 13.9 Å². The second kappa shape index (κ2) is 7.42. The zero-order valence-corrected chi connectivity index (χ0v) is 14.3. The van der Waals surface area contributed by atoms with E-state index < -0.39 is 0 Å². The SMILES string of the molecule is COc1ccc(CC(=O)N/N=C/c2cc(Br)c(Br)o2)cc1. The molecule has 21 heavy (non-hydrogen) atoms. The van der Waals surface area contributed by atoms with E-state index in [-0.39, 0.29) is 12.3 Å². The van der Waals surface area contributed by atoms with E-state index in [4.69, 9.17) is 9.15 Å². The molecule has 1 heterocycles. The lowest BCUT2D eigenvalue weighted by atomic mass is 10.1. The van der Waals surface area contributed by atoms with E-state index in [1.165, 1.54) is 6.21 Å². The van der Waals surface area contributed by atoms with Crippen LogP contribution in [0.1, 0.15) is 11.3 Å². The Balaban J connectivity index is 1.86. The van der Waals surface area contributed by atoms with Gasteiger partial charge < -0.3 is 9.15 Å². The zero-order valence-electron chi connectivity index (χ0n) is 11.1. The van der Waals surface area contributed by atoms with Crippen LogP contribution in [0, 0.1) is 0 Å². The van der Waals surface area contributed by atoms with Crippen LogP contribution in [0.2, 0.25) is 0 Å². The summed E-state index contributed by atoms with van der Waals surface area (Å²) in [5.74, 6) is 1.07. The summed E-state index contributed by atoms with van der Waals surface area (Å²) in [5.41, 5.74) is 3.33. The molecule has 0 aliphatic heterocycles. The van der Waals surface area contributed by atoms with Crippen LogP contribution in [-0.2, 0) is 11.2 Å². The molecular weight excluding hydrogens is 404 g/mol. The fourth-order valence-corrected chi connectivity index (χ4v) is 2.17. The van der Waals surface area contributed by atoms with Crippen molar-refractivity contribution in [1.29, 1.82) is 0 Å². The zero-order chi connectivity index (χ0) is 15.2. The smallest absolute Gasteiger partial charge is 0.244 e. The van der Waals surface area contributed by atoms with Gasteiger partial charge >= 0.3 is 0 Å². The highest BCUT2D eigenvalue weighted by Gasteiger charge is 2.05. The number of carbonyl (C=O) groups is 1. The Bertz CT molecular complexity index is 631. The maximum absolute atomic E-state index is 11.7. The lowest BCUT2D eigenvalue weighted by molar-refractivity contribution is -0.120. The molecule has 0 aliphatic carbocycles. The van der Waals surface area contributed by atoms with Crippen LogP contribution >= 0.6 is 31.9 Å². The number of nitrogens with zero attached hydrogens (tertiary/aromatic N) is 1. The number of carbonyl (C=O) groups excluding carboxylic acids is 1. The Kier molecular flexibility index (Phi) is 5.58. The predicted molar refractivity (Wildman–Crippen MR) is 86.5 cm³/mol. The Labute approximate surface area is 138 Å². The summed E-state index contributed by atoms with van der Waals surface area (Å²) in [5, 5.41) is 3.84. The average molecular weight is 416 g/mol. The third kappa shape index (κ3) is 4.71. The quantitative estimate of drug-likeness (QED) is 0.600. The van der Waals surface area contributed by atoms with E-state index in [0.717, 1.165) is 15.8 Å². The molecule has 1 amide bonds. The second-order valence-electron chi connectivity index (χ2n) is 4.09. The fraction of sp³-hybridized carbons (Fsp3) is 0.143. The minimum atomic E-state index is -0.207. The molecule has 0 fully saturated rings. The van der Waals surface area contributed by atoms with Crippen molar-refractivity contribution in [3.05, 3.63) is 50.8 Å². The normalized spacial score (nSPS) is 10.8. The van der Waals surface area contributed by atoms with Crippen LogP contribution in [-0.4, -0.2) is 19.2 Å². The molecule has 1 N–H and O–H groups in total. The molecule has 5 nitrogen and oxygen atoms in total. The van der Waals surface area contributed by atoms with Crippen molar-refractivity contribution in [2.45, 2.75) is 6.42 Å². The van der Waals surface area contributed by atoms with Crippen LogP contribution in [0.4, 0.5) is 0 Å². The summed E-state index contributed by atoms with van der Waals surface area (Å²) in [6, 6.07) is 9.03. The number of amides is 1. The van der Waals surface area contributed by atoms with E-state index in [2.05, 4.69) is 42.4 Å². The highest BCUT2D eigenvalue weighted by atomic mass is 79.9. The summed E-state index contributed by atoms with van der Waals surface area (Å²) >= 11 is 6.51. The van der Waals surface area contributed by atoms with Gasteiger partial charge in [0.2, 0.25) is 5.91 Å². The van der Waals surface area contributed by atoms with Crippen molar-refractivity contribution >= 4 is 44.0 Å². The molecular formula is C14H12Br2N2O3. The number of hydrazone groups is 1. The first-order valence-corrected chi connectivity index (χ1v) is 7.57. The molecule has 1 aromatic heterocycles. The lowest BCUT2D eigenvalue weighted by Gasteiger charge is -2.02. The summed E-state index contributed by atoms with van der Waals surface area (Å²) in [4.78, 5) is 11.7. The van der Waals surface area contributed by atoms with E-state index in [0.29, 0.717) is 10.4 Å². The maximum atomic E-state index is 11.7. The van der Waals surface area contributed by atoms with Crippen LogP contribution in [0.3, 0.4) is 0 Å². The van der Waals surface area contributed by atoms with E-state index in [9.17, 15) is 4.79 Å². The number of ether oxygens (including phenoxy) is 1. The highest BCUT2D eigenvalue weighted by Crippen LogP contribution is 2.25. The number of rotatable bonds is 5. The minimum Gasteiger partial charge on any atom is -0.497 e. The van der Waals surface area contributed by atoms with Gasteiger partial charge in [-0.1, -0.05) is 12.1 Å². The van der Waals surface area contributed by atoms with Crippen molar-refractivity contribution in [3.63, 3.8) is 0 Å². The Morgan fingerprint density at radius 2 is 2.10 bits per heavy atom. The van der Waals surface area contributed by atoms with Crippen molar-refractivity contribution in [2.24, 2.45) is 5.10 Å². The number of nitrogens with one attached hydrogen (secondary N) is 1. The Hall–Kier alpha value is -1.60. The molecule has 0 saturated heterocycles. The van der Waals surface area contributed by atoms with E-state index in [1.54, 1.807) is 13.2 Å². The predicted octanol–water partition coefficient (Wildman–Crippen LogP) is 3.51. The average Bonchev–Trinajstić information content (AvgIpc) is 2.78. The van der Waals surface area contributed by atoms with Crippen LogP contribution in [0.5, 0.6) is 5.75 Å². The second-order valence-corrected chi connectivity index (χ2v) is 5.66. The largest absolute Gasteiger partial charge is 0.497 e. The monoisotopic (exact) mass is 414 g/mol. The van der Waals surface area contributed by atoms with Gasteiger partial charge in [-0.15, -0.1) is 0 Å². The van der Waals surface area contributed by atoms with Gasteiger partial charge in [-0.25, -0.2) is 5.43 Å². The third-order valence-corrected chi connectivity index (χ3v) is 4.28. The van der Waals surface area contributed by atoms with Crippen LogP contribution in [0.15, 0.2) is 49.0 Å². The minimum absolute atomic E-state index is 0.207. The van der Waals surface area contributed by atoms with Gasteiger partial charge in [0.15, 0.2) is 4.67 Å². The molecule has 7 heteroatoms. The number of benzene rings is 1. The molecule has 0 aliphatic rings. The van der Waals surface area contributed by atoms with Crippen molar-refractivity contribution in [2.75, 3.05) is 7.11 Å². The van der Waals surface area contributed by atoms with Gasteiger partial charge in [-0.05, 0) is 49.6 Å². The maximum Gasteiger partial charge on any atom is 0.244 e. The van der Waals surface area contributed by atoms with Gasteiger partial charge in [0.05, 0.1) is 24.2 Å². The summed E-state index contributed by atoms with van der Waals surface area (Å²) in [6.07, 6.45) is 1.67. The number of hydrogen-bond donors (Lipinski definition) is 1. The number of hydrogen-bond acceptors (Lipinski definition) is 4. The standard InChI is InChI=1S/C14H12Br2N2O3/c1-20-10-4-2-9(3-5-10)6-13(19)18-17-8-11-7-12(15)14(16)21-11/h2-5,7-8H,6H2,1H3,(H,18,19)/b17-8+. The van der Waals surface area contributed by atoms with E-state index in [1.807, 2.05) is 24.3 Å². The van der Waals surface area contributed by atoms with Gasteiger partial charge in [0, 0.05) is 6.07 Å². The first-order chi connectivity index (χ1) is 10.1. The fourth-order valence-electron chi connectivity index (χ4n) is 1.56. The van der Waals surface area contributed by atoms with Gasteiger partial charge in [0.25, 0.3) is 0 Å². The van der Waals surface area contributed by atoms with Crippen LogP contribution < -0.4 is 10.2 Å². The number of furan rings is 1. The molecule has 110 valence electrons. The van der Waals surface area contributed by atoms with Gasteiger partial charge in [-0.2, -0.15) is 5.10 Å². The molecule has 1 aromatic carbocycles. The number of methoxy groups -OCH3 is 1. The summed E-state index contributed by atoms with van der Waals surface area (Å²) in [6.45, 7) is 0. The topological polar surface area (TPSA) is 63.8 Å². The van der Waals surface area contributed by atoms with E-state index >= 15 is 0 Å². The first-order valence-electron chi connectivity index (χ1n) is 5.98. The highest BCUT2D eigenvalue weighted by molar-refractivity contribution is 9.13. The summed E-state index contributed by atoms with van der Waals surface area (Å²) in [7, 11) is 1.60. The molecule has 0 atom stereocenters. The molecule has 2 rings (SSSR count). The third-order valence-electron chi connectivity index (χ3n) is 2.57. The number of halogens is 2. The van der Waals surface area contributed by atoms with Crippen molar-refractivity contribution in [1.82, 2.24) is 5.43 Å². The Morgan fingerprint density at radius 1 is 1.38 bits per heavy atom. The Morgan fingerprint density at radius 3 is 2.67 bits per heavy atom. The van der Waals surface area contributed by atoms with Crippen molar-refractivity contribution in [3.8, 4) is 5.75 Å². The molecule has 0 saturated carbocycles. The molecule has 2 aromatic rings. The van der Waals surface area contributed by atoms with Gasteiger partial charge in [0.1, 0.15) is 11.5 Å². The lowest BCUT2D eigenvalue weighted by Crippen LogP contribution is -2.19. The molecule has 0 radical (unpaired) electrons. The summed E-state index contributed by atoms with van der Waals surface area (Å²) < 4.78 is 11.7. The molecule has 0 bridgehead atoms. The molecule has 0 unspecified atom stereocenters. The molecule has 0 spiro atoms. The van der Waals surface area contributed by atoms with Crippen LogP contribution in [0.25, 0.3) is 0 Å².